The zero-order valence-electron chi connectivity index (χ0n) is 7.80. The second kappa shape index (κ2) is 4.45. The van der Waals surface area contributed by atoms with E-state index in [0.29, 0.717) is 5.92 Å². The summed E-state index contributed by atoms with van der Waals surface area (Å²) >= 11 is 0. The molecule has 70 valence electrons. The molecule has 1 amide bonds. The van der Waals surface area contributed by atoms with E-state index in [0.717, 1.165) is 26.2 Å². The number of ether oxygens (including phenoxy) is 1. The molecule has 1 aliphatic heterocycles. The first-order valence-electron chi connectivity index (χ1n) is 4.59. The Labute approximate surface area is 73.5 Å². The van der Waals surface area contributed by atoms with Crippen LogP contribution in [0.2, 0.25) is 0 Å². The largest absolute Gasteiger partial charge is 0.381 e. The van der Waals surface area contributed by atoms with Crippen LogP contribution in [0.5, 0.6) is 0 Å². The molecule has 1 saturated heterocycles. The maximum atomic E-state index is 11.3. The highest BCUT2D eigenvalue weighted by molar-refractivity contribution is 5.78. The monoisotopic (exact) mass is 171 g/mol. The van der Waals surface area contributed by atoms with Crippen molar-refractivity contribution in [1.29, 1.82) is 0 Å². The number of rotatable bonds is 4. The average Bonchev–Trinajstić information content (AvgIpc) is 2.00. The fourth-order valence-corrected chi connectivity index (χ4v) is 1.01. The van der Waals surface area contributed by atoms with E-state index in [1.165, 1.54) is 0 Å². The highest BCUT2D eigenvalue weighted by Crippen LogP contribution is 2.08. The van der Waals surface area contributed by atoms with Crippen LogP contribution in [-0.2, 0) is 9.53 Å². The van der Waals surface area contributed by atoms with Crippen LogP contribution >= 0.6 is 0 Å². The Balaban J connectivity index is 2.08. The molecule has 0 radical (unpaired) electrons. The highest BCUT2D eigenvalue weighted by Gasteiger charge is 2.19. The van der Waals surface area contributed by atoms with Crippen molar-refractivity contribution in [2.45, 2.75) is 20.3 Å². The van der Waals surface area contributed by atoms with E-state index < -0.39 is 0 Å². The van der Waals surface area contributed by atoms with E-state index in [2.05, 4.69) is 5.32 Å². The van der Waals surface area contributed by atoms with Crippen molar-refractivity contribution < 1.29 is 9.53 Å². The number of nitrogens with one attached hydrogen (secondary N) is 1. The van der Waals surface area contributed by atoms with Crippen LogP contribution in [0.1, 0.15) is 20.3 Å². The summed E-state index contributed by atoms with van der Waals surface area (Å²) in [6, 6.07) is 0. The number of carbonyl (C=O) groups excluding carboxylic acids is 1. The molecule has 3 nitrogen and oxygen atoms in total. The van der Waals surface area contributed by atoms with E-state index in [1.807, 2.05) is 13.8 Å². The minimum Gasteiger partial charge on any atom is -0.381 e. The van der Waals surface area contributed by atoms with Crippen LogP contribution in [0.15, 0.2) is 0 Å². The van der Waals surface area contributed by atoms with Crippen molar-refractivity contribution in [3.63, 3.8) is 0 Å². The SMILES string of the molecule is CCC(C)C(=O)NCC1COC1. The lowest BCUT2D eigenvalue weighted by atomic mass is 10.1. The second-order valence-corrected chi connectivity index (χ2v) is 3.46. The number of carbonyl (C=O) groups is 1. The predicted octanol–water partition coefficient (Wildman–Crippen LogP) is 0.795. The first kappa shape index (κ1) is 9.52. The summed E-state index contributed by atoms with van der Waals surface area (Å²) in [4.78, 5) is 11.3. The molecular weight excluding hydrogens is 154 g/mol. The van der Waals surface area contributed by atoms with Crippen molar-refractivity contribution in [1.82, 2.24) is 5.32 Å². The quantitative estimate of drug-likeness (QED) is 0.679. The minimum atomic E-state index is 0.144. The van der Waals surface area contributed by atoms with Crippen LogP contribution in [0.25, 0.3) is 0 Å². The molecule has 0 spiro atoms. The third kappa shape index (κ3) is 2.48. The number of hydrogen-bond donors (Lipinski definition) is 1. The van der Waals surface area contributed by atoms with Gasteiger partial charge in [0.15, 0.2) is 0 Å². The zero-order valence-corrected chi connectivity index (χ0v) is 7.80. The molecule has 0 aromatic carbocycles. The second-order valence-electron chi connectivity index (χ2n) is 3.46. The van der Waals surface area contributed by atoms with Gasteiger partial charge in [-0.25, -0.2) is 0 Å². The van der Waals surface area contributed by atoms with Crippen molar-refractivity contribution in [3.8, 4) is 0 Å². The molecule has 0 aromatic rings. The van der Waals surface area contributed by atoms with Crippen molar-refractivity contribution in [2.75, 3.05) is 19.8 Å². The lowest BCUT2D eigenvalue weighted by Crippen LogP contribution is -2.40. The Kier molecular flexibility index (Phi) is 3.53. The highest BCUT2D eigenvalue weighted by atomic mass is 16.5. The average molecular weight is 171 g/mol. The molecule has 1 heterocycles. The van der Waals surface area contributed by atoms with E-state index in [1.54, 1.807) is 0 Å². The maximum Gasteiger partial charge on any atom is 0.222 e. The van der Waals surface area contributed by atoms with Gasteiger partial charge >= 0.3 is 0 Å². The van der Waals surface area contributed by atoms with Gasteiger partial charge in [-0.3, -0.25) is 4.79 Å². The van der Waals surface area contributed by atoms with Gasteiger partial charge in [-0.15, -0.1) is 0 Å². The standard InChI is InChI=1S/C9H17NO2/c1-3-7(2)9(11)10-4-8-5-12-6-8/h7-8H,3-6H2,1-2H3,(H,10,11). The summed E-state index contributed by atoms with van der Waals surface area (Å²) in [7, 11) is 0. The Hall–Kier alpha value is -0.570. The lowest BCUT2D eigenvalue weighted by molar-refractivity contribution is -0.125. The van der Waals surface area contributed by atoms with E-state index in [4.69, 9.17) is 4.74 Å². The van der Waals surface area contributed by atoms with Crippen molar-refractivity contribution in [2.24, 2.45) is 11.8 Å². The zero-order chi connectivity index (χ0) is 8.97. The molecule has 1 atom stereocenters. The molecule has 12 heavy (non-hydrogen) atoms. The van der Waals surface area contributed by atoms with Crippen LogP contribution in [0.4, 0.5) is 0 Å². The fourth-order valence-electron chi connectivity index (χ4n) is 1.01. The van der Waals surface area contributed by atoms with Crippen LogP contribution in [-0.4, -0.2) is 25.7 Å². The Morgan fingerprint density at radius 2 is 2.33 bits per heavy atom. The summed E-state index contributed by atoms with van der Waals surface area (Å²) in [5, 5.41) is 2.92. The predicted molar refractivity (Wildman–Crippen MR) is 46.8 cm³/mol. The Morgan fingerprint density at radius 3 is 2.75 bits per heavy atom. The molecular formula is C9H17NO2. The third-order valence-corrected chi connectivity index (χ3v) is 2.33. The molecule has 1 aliphatic rings. The molecule has 1 unspecified atom stereocenters. The molecule has 0 bridgehead atoms. The van der Waals surface area contributed by atoms with Crippen molar-refractivity contribution >= 4 is 5.91 Å². The molecule has 1 N–H and O–H groups in total. The first-order valence-corrected chi connectivity index (χ1v) is 4.59. The Morgan fingerprint density at radius 1 is 1.67 bits per heavy atom. The molecule has 3 heteroatoms. The van der Waals surface area contributed by atoms with Gasteiger partial charge in [-0.05, 0) is 6.42 Å². The van der Waals surface area contributed by atoms with E-state index in [-0.39, 0.29) is 11.8 Å². The van der Waals surface area contributed by atoms with Gasteiger partial charge in [0.05, 0.1) is 13.2 Å². The molecule has 1 fully saturated rings. The van der Waals surface area contributed by atoms with Gasteiger partial charge in [-0.2, -0.15) is 0 Å². The van der Waals surface area contributed by atoms with E-state index >= 15 is 0 Å². The first-order chi connectivity index (χ1) is 5.74. The van der Waals surface area contributed by atoms with Crippen molar-refractivity contribution in [3.05, 3.63) is 0 Å². The third-order valence-electron chi connectivity index (χ3n) is 2.33. The van der Waals surface area contributed by atoms with Gasteiger partial charge in [-0.1, -0.05) is 13.8 Å². The summed E-state index contributed by atoms with van der Waals surface area (Å²) in [5.74, 6) is 0.869. The topological polar surface area (TPSA) is 38.3 Å². The van der Waals surface area contributed by atoms with Crippen LogP contribution in [0, 0.1) is 11.8 Å². The summed E-state index contributed by atoms with van der Waals surface area (Å²) < 4.78 is 5.00. The summed E-state index contributed by atoms with van der Waals surface area (Å²) in [5.41, 5.74) is 0. The lowest BCUT2D eigenvalue weighted by Gasteiger charge is -2.26. The molecule has 0 saturated carbocycles. The van der Waals surface area contributed by atoms with Crippen LogP contribution in [0.3, 0.4) is 0 Å². The normalized spacial score (nSPS) is 19.8. The minimum absolute atomic E-state index is 0.144. The van der Waals surface area contributed by atoms with Crippen LogP contribution < -0.4 is 5.32 Å². The molecule has 1 rings (SSSR count). The number of hydrogen-bond acceptors (Lipinski definition) is 2. The maximum absolute atomic E-state index is 11.3. The number of amides is 1. The van der Waals surface area contributed by atoms with E-state index in [9.17, 15) is 4.79 Å². The molecule has 0 aromatic heterocycles. The van der Waals surface area contributed by atoms with Gasteiger partial charge in [0.1, 0.15) is 0 Å². The van der Waals surface area contributed by atoms with Gasteiger partial charge in [0, 0.05) is 18.4 Å². The molecule has 0 aliphatic carbocycles. The van der Waals surface area contributed by atoms with Gasteiger partial charge in [0.2, 0.25) is 5.91 Å². The fraction of sp³-hybridized carbons (Fsp3) is 0.889. The summed E-state index contributed by atoms with van der Waals surface area (Å²) in [6.07, 6.45) is 0.910. The van der Waals surface area contributed by atoms with Gasteiger partial charge < -0.3 is 10.1 Å². The van der Waals surface area contributed by atoms with Gasteiger partial charge in [0.25, 0.3) is 0 Å². The summed E-state index contributed by atoms with van der Waals surface area (Å²) in [6.45, 7) is 6.37. The smallest absolute Gasteiger partial charge is 0.222 e. The Bertz CT molecular complexity index is 155.